The molecule has 0 unspecified atom stereocenters. The van der Waals surface area contributed by atoms with Crippen LogP contribution in [-0.4, -0.2) is 24.5 Å². The average molecular weight is 122 g/mol. The molecular weight excluding hydrogens is 115 g/mol. The Hall–Kier alpha value is 0.240. The van der Waals surface area contributed by atoms with Crippen molar-refractivity contribution in [1.82, 2.24) is 0 Å². The minimum atomic E-state index is -1.04. The number of hydrogen-bond acceptors (Lipinski definition) is 2. The van der Waals surface area contributed by atoms with E-state index >= 15 is 0 Å². The molecule has 0 saturated carbocycles. The summed E-state index contributed by atoms with van der Waals surface area (Å²) in [6.07, 6.45) is 1.75. The summed E-state index contributed by atoms with van der Waals surface area (Å²) in [5.41, 5.74) is 0. The molecule has 1 heterocycles. The lowest BCUT2D eigenvalue weighted by molar-refractivity contribution is -0.0720. The molecule has 1 rings (SSSR count). The molecule has 7 heavy (non-hydrogen) atoms. The lowest BCUT2D eigenvalue weighted by atomic mass is 10.3. The molecule has 0 amide bonds. The molecule has 0 aromatic carbocycles. The average Bonchev–Trinajstić information content (AvgIpc) is 1.61. The summed E-state index contributed by atoms with van der Waals surface area (Å²) in [6, 6.07) is 0. The Morgan fingerprint density at radius 1 is 1.71 bits per heavy atom. The SMILES string of the molecule is CSC1(F)COC1. The summed E-state index contributed by atoms with van der Waals surface area (Å²) in [5.74, 6) is 0. The van der Waals surface area contributed by atoms with Crippen molar-refractivity contribution in [2.24, 2.45) is 0 Å². The molecule has 0 aromatic rings. The molecule has 42 valence electrons. The van der Waals surface area contributed by atoms with Crippen molar-refractivity contribution < 1.29 is 9.13 Å². The fourth-order valence-electron chi connectivity index (χ4n) is 0.380. The van der Waals surface area contributed by atoms with Gasteiger partial charge in [-0.1, -0.05) is 0 Å². The van der Waals surface area contributed by atoms with Crippen molar-refractivity contribution in [3.8, 4) is 0 Å². The topological polar surface area (TPSA) is 9.23 Å². The van der Waals surface area contributed by atoms with Gasteiger partial charge < -0.3 is 4.74 Å². The minimum Gasteiger partial charge on any atom is -0.373 e. The van der Waals surface area contributed by atoms with E-state index in [2.05, 4.69) is 4.74 Å². The van der Waals surface area contributed by atoms with Crippen LogP contribution in [-0.2, 0) is 4.74 Å². The van der Waals surface area contributed by atoms with E-state index in [0.717, 1.165) is 0 Å². The van der Waals surface area contributed by atoms with Gasteiger partial charge in [0.2, 0.25) is 5.00 Å². The first-order chi connectivity index (χ1) is 3.27. The lowest BCUT2D eigenvalue weighted by Gasteiger charge is -2.31. The monoisotopic (exact) mass is 122 g/mol. The zero-order valence-corrected chi connectivity index (χ0v) is 4.93. The minimum absolute atomic E-state index is 0.272. The zero-order valence-electron chi connectivity index (χ0n) is 4.11. The van der Waals surface area contributed by atoms with Gasteiger partial charge in [0, 0.05) is 0 Å². The molecule has 0 radical (unpaired) electrons. The summed E-state index contributed by atoms with van der Waals surface area (Å²) >= 11 is 1.22. The molecule has 1 nitrogen and oxygen atoms in total. The summed E-state index contributed by atoms with van der Waals surface area (Å²) in [4.78, 5) is 0. The number of ether oxygens (including phenoxy) is 1. The predicted molar refractivity (Wildman–Crippen MR) is 28.2 cm³/mol. The van der Waals surface area contributed by atoms with Crippen molar-refractivity contribution in [2.75, 3.05) is 19.5 Å². The van der Waals surface area contributed by atoms with Crippen LogP contribution in [0.3, 0.4) is 0 Å². The Bertz CT molecular complexity index is 66.6. The first kappa shape index (κ1) is 5.38. The highest BCUT2D eigenvalue weighted by molar-refractivity contribution is 7.99. The van der Waals surface area contributed by atoms with Gasteiger partial charge >= 0.3 is 0 Å². The fraction of sp³-hybridized carbons (Fsp3) is 1.00. The van der Waals surface area contributed by atoms with Crippen LogP contribution in [0.2, 0.25) is 0 Å². The van der Waals surface area contributed by atoms with Crippen LogP contribution < -0.4 is 0 Å². The van der Waals surface area contributed by atoms with Gasteiger partial charge in [0.25, 0.3) is 0 Å². The third-order valence-electron chi connectivity index (χ3n) is 1.00. The molecule has 0 bridgehead atoms. The Morgan fingerprint density at radius 2 is 2.29 bits per heavy atom. The molecule has 1 saturated heterocycles. The van der Waals surface area contributed by atoms with Crippen molar-refractivity contribution in [2.45, 2.75) is 5.00 Å². The van der Waals surface area contributed by atoms with Crippen molar-refractivity contribution in [1.29, 1.82) is 0 Å². The van der Waals surface area contributed by atoms with Crippen molar-refractivity contribution in [3.05, 3.63) is 0 Å². The predicted octanol–water partition coefficient (Wildman–Crippen LogP) is 1.05. The van der Waals surface area contributed by atoms with E-state index in [-0.39, 0.29) is 13.2 Å². The van der Waals surface area contributed by atoms with Crippen LogP contribution >= 0.6 is 11.8 Å². The quantitative estimate of drug-likeness (QED) is 0.514. The van der Waals surface area contributed by atoms with Gasteiger partial charge in [-0.25, -0.2) is 4.39 Å². The lowest BCUT2D eigenvalue weighted by Crippen LogP contribution is -2.41. The molecule has 1 fully saturated rings. The Labute approximate surface area is 46.2 Å². The van der Waals surface area contributed by atoms with Crippen LogP contribution in [0.4, 0.5) is 4.39 Å². The van der Waals surface area contributed by atoms with E-state index in [4.69, 9.17) is 0 Å². The van der Waals surface area contributed by atoms with Gasteiger partial charge in [-0.2, -0.15) is 0 Å². The maximum Gasteiger partial charge on any atom is 0.202 e. The largest absolute Gasteiger partial charge is 0.373 e. The second-order valence-electron chi connectivity index (χ2n) is 1.58. The maximum absolute atomic E-state index is 12.5. The van der Waals surface area contributed by atoms with E-state index in [0.29, 0.717) is 0 Å². The molecular formula is C4H7FOS. The fourth-order valence-corrected chi connectivity index (χ4v) is 0.783. The number of alkyl halides is 1. The van der Waals surface area contributed by atoms with Crippen LogP contribution in [0.1, 0.15) is 0 Å². The Morgan fingerprint density at radius 3 is 2.29 bits per heavy atom. The highest BCUT2D eigenvalue weighted by atomic mass is 32.2. The van der Waals surface area contributed by atoms with E-state index in [1.165, 1.54) is 11.8 Å². The van der Waals surface area contributed by atoms with E-state index in [9.17, 15) is 4.39 Å². The number of thioether (sulfide) groups is 1. The third-order valence-corrected chi connectivity index (χ3v) is 1.97. The summed E-state index contributed by atoms with van der Waals surface area (Å²) in [6.45, 7) is 0.544. The molecule has 0 atom stereocenters. The summed E-state index contributed by atoms with van der Waals surface area (Å²) in [7, 11) is 0. The van der Waals surface area contributed by atoms with Crippen LogP contribution in [0.5, 0.6) is 0 Å². The first-order valence-electron chi connectivity index (χ1n) is 2.09. The van der Waals surface area contributed by atoms with Gasteiger partial charge in [0.05, 0.1) is 13.2 Å². The Kier molecular flexibility index (Phi) is 1.26. The molecule has 3 heteroatoms. The normalized spacial score (nSPS) is 26.6. The van der Waals surface area contributed by atoms with E-state index < -0.39 is 5.00 Å². The highest BCUT2D eigenvalue weighted by Crippen LogP contribution is 2.31. The van der Waals surface area contributed by atoms with Gasteiger partial charge in [-0.3, -0.25) is 0 Å². The molecule has 0 aromatic heterocycles. The number of hydrogen-bond donors (Lipinski definition) is 0. The molecule has 1 aliphatic rings. The van der Waals surface area contributed by atoms with Crippen molar-refractivity contribution in [3.63, 3.8) is 0 Å². The van der Waals surface area contributed by atoms with Crippen molar-refractivity contribution >= 4 is 11.8 Å². The standard InChI is InChI=1S/C4H7FOS/c1-7-4(5)2-6-3-4/h2-3H2,1H3. The molecule has 0 N–H and O–H groups in total. The van der Waals surface area contributed by atoms with Gasteiger partial charge in [0.1, 0.15) is 0 Å². The summed E-state index contributed by atoms with van der Waals surface area (Å²) in [5, 5.41) is -1.04. The highest BCUT2D eigenvalue weighted by Gasteiger charge is 2.37. The second kappa shape index (κ2) is 1.63. The Balaban J connectivity index is 2.29. The smallest absolute Gasteiger partial charge is 0.202 e. The zero-order chi connectivity index (χ0) is 5.33. The van der Waals surface area contributed by atoms with Crippen LogP contribution in [0.25, 0.3) is 0 Å². The van der Waals surface area contributed by atoms with Gasteiger partial charge in [0.15, 0.2) is 0 Å². The van der Waals surface area contributed by atoms with E-state index in [1.807, 2.05) is 0 Å². The molecule has 0 aliphatic carbocycles. The number of halogens is 1. The third kappa shape index (κ3) is 0.888. The van der Waals surface area contributed by atoms with Gasteiger partial charge in [-0.15, -0.1) is 11.8 Å². The molecule has 0 spiro atoms. The maximum atomic E-state index is 12.5. The van der Waals surface area contributed by atoms with Gasteiger partial charge in [-0.05, 0) is 6.26 Å². The summed E-state index contributed by atoms with van der Waals surface area (Å²) < 4.78 is 17.1. The van der Waals surface area contributed by atoms with Crippen LogP contribution in [0.15, 0.2) is 0 Å². The molecule has 1 aliphatic heterocycles. The second-order valence-corrected chi connectivity index (χ2v) is 2.72. The van der Waals surface area contributed by atoms with E-state index in [1.54, 1.807) is 6.26 Å². The first-order valence-corrected chi connectivity index (χ1v) is 3.31. The van der Waals surface area contributed by atoms with Crippen LogP contribution in [0, 0.1) is 0 Å². The number of rotatable bonds is 1.